The zero-order valence-electron chi connectivity index (χ0n) is 10.0. The van der Waals surface area contributed by atoms with E-state index in [0.717, 1.165) is 36.8 Å². The molecule has 1 atom stereocenters. The molecule has 0 amide bonds. The average Bonchev–Trinajstić information content (AvgIpc) is 2.29. The third-order valence-electron chi connectivity index (χ3n) is 2.49. The molecule has 0 aliphatic heterocycles. The molecule has 0 fully saturated rings. The van der Waals surface area contributed by atoms with Gasteiger partial charge in [-0.2, -0.15) is 0 Å². The van der Waals surface area contributed by atoms with Crippen LogP contribution in [0.4, 0.5) is 0 Å². The third-order valence-corrected chi connectivity index (χ3v) is 2.84. The van der Waals surface area contributed by atoms with Crippen molar-refractivity contribution in [3.05, 3.63) is 34.9 Å². The van der Waals surface area contributed by atoms with E-state index in [0.29, 0.717) is 0 Å². The van der Waals surface area contributed by atoms with Crippen LogP contribution < -0.4 is 5.32 Å². The molecular formula is C13H20ClNO. The van der Waals surface area contributed by atoms with Crippen molar-refractivity contribution in [2.24, 2.45) is 0 Å². The number of halogens is 1. The van der Waals surface area contributed by atoms with Crippen molar-refractivity contribution in [2.45, 2.75) is 26.3 Å². The second-order valence-corrected chi connectivity index (χ2v) is 4.16. The summed E-state index contributed by atoms with van der Waals surface area (Å²) in [6.45, 7) is 6.70. The Kier molecular flexibility index (Phi) is 6.46. The monoisotopic (exact) mass is 241 g/mol. The average molecular weight is 242 g/mol. The minimum atomic E-state index is 0.287. The van der Waals surface area contributed by atoms with E-state index in [9.17, 15) is 0 Å². The molecule has 0 aliphatic rings. The molecule has 0 aromatic heterocycles. The van der Waals surface area contributed by atoms with Crippen LogP contribution in [0.25, 0.3) is 0 Å². The van der Waals surface area contributed by atoms with Crippen molar-refractivity contribution in [1.29, 1.82) is 0 Å². The molecule has 1 aromatic carbocycles. The van der Waals surface area contributed by atoms with E-state index in [1.54, 1.807) is 0 Å². The summed E-state index contributed by atoms with van der Waals surface area (Å²) in [6, 6.07) is 8.24. The number of hydrogen-bond donors (Lipinski definition) is 1. The maximum absolute atomic E-state index is 6.12. The maximum atomic E-state index is 6.12. The fourth-order valence-corrected chi connectivity index (χ4v) is 1.87. The molecule has 0 heterocycles. The van der Waals surface area contributed by atoms with Crippen LogP contribution in [0.3, 0.4) is 0 Å². The molecule has 90 valence electrons. The Labute approximate surface area is 103 Å². The van der Waals surface area contributed by atoms with E-state index in [1.807, 2.05) is 25.1 Å². The quantitative estimate of drug-likeness (QED) is 0.739. The van der Waals surface area contributed by atoms with E-state index >= 15 is 0 Å². The highest BCUT2D eigenvalue weighted by Crippen LogP contribution is 2.21. The largest absolute Gasteiger partial charge is 0.382 e. The smallest absolute Gasteiger partial charge is 0.0477 e. The second-order valence-electron chi connectivity index (χ2n) is 3.75. The van der Waals surface area contributed by atoms with Crippen molar-refractivity contribution >= 4 is 11.6 Å². The predicted molar refractivity (Wildman–Crippen MR) is 69.0 cm³/mol. The standard InChI is InChI=1S/C13H20ClNO/c1-3-16-10-6-9-15-11(2)12-7-4-5-8-13(12)14/h4-5,7-8,11,15H,3,6,9-10H2,1-2H3/t11-/m0/s1. The first-order valence-corrected chi connectivity index (χ1v) is 6.19. The van der Waals surface area contributed by atoms with Crippen molar-refractivity contribution in [3.8, 4) is 0 Å². The summed E-state index contributed by atoms with van der Waals surface area (Å²) in [5, 5.41) is 4.26. The summed E-state index contributed by atoms with van der Waals surface area (Å²) in [6.07, 6.45) is 1.03. The first-order chi connectivity index (χ1) is 7.75. The maximum Gasteiger partial charge on any atom is 0.0477 e. The van der Waals surface area contributed by atoms with Crippen molar-refractivity contribution < 1.29 is 4.74 Å². The number of nitrogens with one attached hydrogen (secondary N) is 1. The van der Waals surface area contributed by atoms with E-state index in [1.165, 1.54) is 0 Å². The molecule has 1 aromatic rings. The molecule has 1 rings (SSSR count). The lowest BCUT2D eigenvalue weighted by Crippen LogP contribution is -2.21. The molecule has 0 aliphatic carbocycles. The van der Waals surface area contributed by atoms with Crippen LogP contribution in [0.1, 0.15) is 31.9 Å². The highest BCUT2D eigenvalue weighted by molar-refractivity contribution is 6.31. The number of hydrogen-bond acceptors (Lipinski definition) is 2. The van der Waals surface area contributed by atoms with Crippen LogP contribution in [0.2, 0.25) is 5.02 Å². The number of benzene rings is 1. The molecule has 0 unspecified atom stereocenters. The van der Waals surface area contributed by atoms with Crippen LogP contribution in [0.5, 0.6) is 0 Å². The van der Waals surface area contributed by atoms with E-state index < -0.39 is 0 Å². The highest BCUT2D eigenvalue weighted by atomic mass is 35.5. The van der Waals surface area contributed by atoms with Crippen LogP contribution in [-0.4, -0.2) is 19.8 Å². The zero-order valence-corrected chi connectivity index (χ0v) is 10.8. The van der Waals surface area contributed by atoms with Gasteiger partial charge in [-0.15, -0.1) is 0 Å². The van der Waals surface area contributed by atoms with Gasteiger partial charge in [-0.3, -0.25) is 0 Å². The lowest BCUT2D eigenvalue weighted by molar-refractivity contribution is 0.144. The van der Waals surface area contributed by atoms with Crippen molar-refractivity contribution in [3.63, 3.8) is 0 Å². The summed E-state index contributed by atoms with van der Waals surface area (Å²) >= 11 is 6.12. The summed E-state index contributed by atoms with van der Waals surface area (Å²) in [5.74, 6) is 0. The van der Waals surface area contributed by atoms with Crippen LogP contribution in [0, 0.1) is 0 Å². The van der Waals surface area contributed by atoms with Crippen molar-refractivity contribution in [1.82, 2.24) is 5.32 Å². The van der Waals surface area contributed by atoms with Crippen LogP contribution in [0.15, 0.2) is 24.3 Å². The Bertz CT molecular complexity index is 304. The van der Waals surface area contributed by atoms with Gasteiger partial charge >= 0.3 is 0 Å². The Morgan fingerprint density at radius 2 is 2.12 bits per heavy atom. The molecule has 1 N–H and O–H groups in total. The Balaban J connectivity index is 2.30. The Morgan fingerprint density at radius 1 is 1.38 bits per heavy atom. The molecule has 0 saturated carbocycles. The molecule has 0 spiro atoms. The highest BCUT2D eigenvalue weighted by Gasteiger charge is 2.07. The van der Waals surface area contributed by atoms with E-state index in [2.05, 4.69) is 18.3 Å². The van der Waals surface area contributed by atoms with E-state index in [-0.39, 0.29) is 6.04 Å². The van der Waals surface area contributed by atoms with Gasteiger partial charge in [0.25, 0.3) is 0 Å². The fourth-order valence-electron chi connectivity index (χ4n) is 1.57. The first kappa shape index (κ1) is 13.5. The zero-order chi connectivity index (χ0) is 11.8. The minimum Gasteiger partial charge on any atom is -0.382 e. The Morgan fingerprint density at radius 3 is 2.81 bits per heavy atom. The van der Waals surface area contributed by atoms with Gasteiger partial charge in [0, 0.05) is 24.3 Å². The fraction of sp³-hybridized carbons (Fsp3) is 0.538. The topological polar surface area (TPSA) is 21.3 Å². The summed E-state index contributed by atoms with van der Waals surface area (Å²) in [5.41, 5.74) is 1.15. The van der Waals surface area contributed by atoms with Crippen LogP contribution in [-0.2, 0) is 4.74 Å². The molecule has 2 nitrogen and oxygen atoms in total. The second kappa shape index (κ2) is 7.66. The molecule has 0 saturated heterocycles. The molecule has 16 heavy (non-hydrogen) atoms. The number of rotatable bonds is 7. The molecule has 0 bridgehead atoms. The van der Waals surface area contributed by atoms with Gasteiger partial charge in [0.1, 0.15) is 0 Å². The van der Waals surface area contributed by atoms with Crippen LogP contribution >= 0.6 is 11.6 Å². The summed E-state index contributed by atoms with van der Waals surface area (Å²) in [7, 11) is 0. The van der Waals surface area contributed by atoms with Gasteiger partial charge in [-0.05, 0) is 38.4 Å². The van der Waals surface area contributed by atoms with Gasteiger partial charge in [0.15, 0.2) is 0 Å². The van der Waals surface area contributed by atoms with Gasteiger partial charge in [-0.1, -0.05) is 29.8 Å². The first-order valence-electron chi connectivity index (χ1n) is 5.81. The summed E-state index contributed by atoms with van der Waals surface area (Å²) < 4.78 is 5.28. The lowest BCUT2D eigenvalue weighted by Gasteiger charge is -2.15. The third kappa shape index (κ3) is 4.52. The molecular weight excluding hydrogens is 222 g/mol. The minimum absolute atomic E-state index is 0.287. The van der Waals surface area contributed by atoms with Gasteiger partial charge < -0.3 is 10.1 Å². The normalized spacial score (nSPS) is 12.7. The van der Waals surface area contributed by atoms with Gasteiger partial charge in [0.2, 0.25) is 0 Å². The number of ether oxygens (including phenoxy) is 1. The van der Waals surface area contributed by atoms with E-state index in [4.69, 9.17) is 16.3 Å². The van der Waals surface area contributed by atoms with Gasteiger partial charge in [-0.25, -0.2) is 0 Å². The summed E-state index contributed by atoms with van der Waals surface area (Å²) in [4.78, 5) is 0. The lowest BCUT2D eigenvalue weighted by atomic mass is 10.1. The molecule has 0 radical (unpaired) electrons. The predicted octanol–water partition coefficient (Wildman–Crippen LogP) is 3.42. The molecule has 3 heteroatoms. The SMILES string of the molecule is CCOCCCN[C@@H](C)c1ccccc1Cl. The van der Waals surface area contributed by atoms with Gasteiger partial charge in [0.05, 0.1) is 0 Å². The Hall–Kier alpha value is -0.570. The van der Waals surface area contributed by atoms with Crippen molar-refractivity contribution in [2.75, 3.05) is 19.8 Å².